The van der Waals surface area contributed by atoms with Crippen molar-refractivity contribution in [1.29, 1.82) is 0 Å². The van der Waals surface area contributed by atoms with Crippen LogP contribution in [0.1, 0.15) is 15.9 Å². The van der Waals surface area contributed by atoms with Gasteiger partial charge >= 0.3 is 5.97 Å². The molecule has 0 fully saturated rings. The third-order valence-corrected chi connectivity index (χ3v) is 6.08. The minimum atomic E-state index is -1.35. The Kier molecular flexibility index (Phi) is 6.97. The van der Waals surface area contributed by atoms with Crippen molar-refractivity contribution in [3.63, 3.8) is 0 Å². The van der Waals surface area contributed by atoms with Crippen molar-refractivity contribution in [3.8, 4) is 11.1 Å². The van der Waals surface area contributed by atoms with Crippen molar-refractivity contribution < 1.29 is 19.1 Å². The van der Waals surface area contributed by atoms with Crippen LogP contribution in [0.4, 0.5) is 10.1 Å². The van der Waals surface area contributed by atoms with Crippen LogP contribution < -0.4 is 5.32 Å². The largest absolute Gasteiger partial charge is 0.480 e. The Bertz CT molecular complexity index is 1500. The first-order chi connectivity index (χ1) is 16.8. The molecule has 0 aliphatic heterocycles. The molecule has 4 rings (SSSR count). The third kappa shape index (κ3) is 4.94. The minimum Gasteiger partial charge on any atom is -0.480 e. The Labute approximate surface area is 209 Å². The standard InChI is InChI=1S/C26H16Cl2FN3O3/c1-30-15-8-10-17(20(28)13-15)18-9-7-14(16-4-3-11-31-24(16)18)12-22(26(34)35)32-25(33)23-19(27)5-2-6-21(23)29/h2-11,13,22H,12H2,(H,32,33)(H,34,35)/t22-/m0/s1. The van der Waals surface area contributed by atoms with Crippen LogP contribution in [-0.2, 0) is 11.2 Å². The summed E-state index contributed by atoms with van der Waals surface area (Å²) < 4.78 is 14.1. The van der Waals surface area contributed by atoms with E-state index in [1.807, 2.05) is 0 Å². The first-order valence-corrected chi connectivity index (χ1v) is 11.1. The maximum atomic E-state index is 14.1. The third-order valence-electron chi connectivity index (χ3n) is 5.45. The summed E-state index contributed by atoms with van der Waals surface area (Å²) in [5.41, 5.74) is 2.56. The highest BCUT2D eigenvalue weighted by atomic mass is 35.5. The molecule has 174 valence electrons. The zero-order valence-electron chi connectivity index (χ0n) is 17.9. The Hall–Kier alpha value is -3.99. The van der Waals surface area contributed by atoms with Gasteiger partial charge in [-0.05, 0) is 35.4 Å². The quantitative estimate of drug-likeness (QED) is 0.299. The Morgan fingerprint density at radius 1 is 1.06 bits per heavy atom. The van der Waals surface area contributed by atoms with Gasteiger partial charge in [0.1, 0.15) is 11.9 Å². The summed E-state index contributed by atoms with van der Waals surface area (Å²) in [6, 6.07) is 14.4. The number of carboxylic acid groups (broad SMARTS) is 1. The Morgan fingerprint density at radius 3 is 2.51 bits per heavy atom. The van der Waals surface area contributed by atoms with Crippen molar-refractivity contribution in [2.45, 2.75) is 12.5 Å². The second-order valence-corrected chi connectivity index (χ2v) is 8.43. The lowest BCUT2D eigenvalue weighted by Gasteiger charge is -2.18. The van der Waals surface area contributed by atoms with Crippen LogP contribution in [0, 0.1) is 12.4 Å². The molecule has 0 saturated heterocycles. The summed E-state index contributed by atoms with van der Waals surface area (Å²) >= 11 is 12.4. The normalized spacial score (nSPS) is 11.6. The number of rotatable bonds is 6. The molecule has 0 bridgehead atoms. The number of benzene rings is 3. The highest BCUT2D eigenvalue weighted by molar-refractivity contribution is 6.34. The molecule has 0 aliphatic carbocycles. The number of nitrogens with zero attached hydrogens (tertiary/aromatic N) is 2. The van der Waals surface area contributed by atoms with Crippen LogP contribution in [0.3, 0.4) is 0 Å². The molecule has 2 N–H and O–H groups in total. The molecule has 0 aliphatic rings. The maximum Gasteiger partial charge on any atom is 0.326 e. The molecule has 0 unspecified atom stereocenters. The summed E-state index contributed by atoms with van der Waals surface area (Å²) in [4.78, 5) is 32.4. The fraction of sp³-hybridized carbons (Fsp3) is 0.0769. The number of halogens is 3. The predicted molar refractivity (Wildman–Crippen MR) is 132 cm³/mol. The number of aliphatic carboxylic acids is 1. The molecular weight excluding hydrogens is 492 g/mol. The summed E-state index contributed by atoms with van der Waals surface area (Å²) in [5.74, 6) is -3.06. The first-order valence-electron chi connectivity index (χ1n) is 10.3. The van der Waals surface area contributed by atoms with E-state index in [9.17, 15) is 19.1 Å². The average molecular weight is 508 g/mol. The fourth-order valence-electron chi connectivity index (χ4n) is 3.78. The molecule has 1 amide bonds. The van der Waals surface area contributed by atoms with E-state index in [1.165, 1.54) is 12.1 Å². The van der Waals surface area contributed by atoms with Gasteiger partial charge in [-0.1, -0.05) is 59.6 Å². The van der Waals surface area contributed by atoms with Crippen molar-refractivity contribution in [1.82, 2.24) is 10.3 Å². The number of carbonyl (C=O) groups excluding carboxylic acids is 1. The van der Waals surface area contributed by atoms with E-state index >= 15 is 0 Å². The van der Waals surface area contributed by atoms with Gasteiger partial charge in [0.25, 0.3) is 5.91 Å². The number of carboxylic acids is 1. The van der Waals surface area contributed by atoms with Crippen molar-refractivity contribution in [2.75, 3.05) is 0 Å². The predicted octanol–water partition coefficient (Wildman–Crippen LogP) is 6.32. The lowest BCUT2D eigenvalue weighted by molar-refractivity contribution is -0.139. The van der Waals surface area contributed by atoms with Crippen LogP contribution in [0.15, 0.2) is 66.9 Å². The highest BCUT2D eigenvalue weighted by Crippen LogP contribution is 2.36. The van der Waals surface area contributed by atoms with E-state index < -0.39 is 29.3 Å². The summed E-state index contributed by atoms with van der Waals surface area (Å²) in [6.07, 6.45) is 1.52. The van der Waals surface area contributed by atoms with Gasteiger partial charge in [-0.25, -0.2) is 14.0 Å². The lowest BCUT2D eigenvalue weighted by Crippen LogP contribution is -2.42. The maximum absolute atomic E-state index is 14.1. The zero-order chi connectivity index (χ0) is 25.1. The van der Waals surface area contributed by atoms with Gasteiger partial charge in [-0.2, -0.15) is 0 Å². The number of nitrogens with one attached hydrogen (secondary N) is 1. The number of fused-ring (bicyclic) bond motifs is 1. The number of pyridine rings is 1. The van der Waals surface area contributed by atoms with Crippen molar-refractivity contribution >= 4 is 51.7 Å². The first kappa shape index (κ1) is 24.1. The molecule has 1 heterocycles. The highest BCUT2D eigenvalue weighted by Gasteiger charge is 2.25. The van der Waals surface area contributed by atoms with Crippen LogP contribution >= 0.6 is 23.2 Å². The van der Waals surface area contributed by atoms with E-state index in [-0.39, 0.29) is 11.4 Å². The molecule has 0 radical (unpaired) electrons. The zero-order valence-corrected chi connectivity index (χ0v) is 19.4. The lowest BCUT2D eigenvalue weighted by atomic mass is 9.95. The number of carbonyl (C=O) groups is 2. The van der Waals surface area contributed by atoms with Crippen molar-refractivity contribution in [3.05, 3.63) is 105 Å². The smallest absolute Gasteiger partial charge is 0.326 e. The molecule has 3 aromatic carbocycles. The van der Waals surface area contributed by atoms with Crippen LogP contribution in [0.5, 0.6) is 0 Å². The van der Waals surface area contributed by atoms with Gasteiger partial charge in [0.2, 0.25) is 0 Å². The molecule has 9 heteroatoms. The molecule has 0 spiro atoms. The SMILES string of the molecule is [C-]#[N+]c1ccc(-c2ccc(C[C@H](NC(=O)c3c(F)cccc3Cl)C(=O)O)c3cccnc23)c(Cl)c1. The van der Waals surface area contributed by atoms with E-state index in [1.54, 1.807) is 48.7 Å². The number of aromatic nitrogens is 1. The second kappa shape index (κ2) is 10.1. The number of hydrogen-bond donors (Lipinski definition) is 2. The van der Waals surface area contributed by atoms with Gasteiger partial charge < -0.3 is 10.4 Å². The summed E-state index contributed by atoms with van der Waals surface area (Å²) in [7, 11) is 0. The van der Waals surface area contributed by atoms with Gasteiger partial charge in [-0.15, -0.1) is 0 Å². The summed E-state index contributed by atoms with van der Waals surface area (Å²) in [5, 5.41) is 13.1. The van der Waals surface area contributed by atoms with Crippen LogP contribution in [0.2, 0.25) is 10.0 Å². The minimum absolute atomic E-state index is 0.0833. The Morgan fingerprint density at radius 2 is 1.83 bits per heavy atom. The van der Waals surface area contributed by atoms with Crippen molar-refractivity contribution in [2.24, 2.45) is 0 Å². The molecule has 6 nitrogen and oxygen atoms in total. The van der Waals surface area contributed by atoms with Gasteiger partial charge in [0, 0.05) is 28.6 Å². The molecule has 4 aromatic rings. The molecule has 35 heavy (non-hydrogen) atoms. The number of amides is 1. The van der Waals surface area contributed by atoms with E-state index in [4.69, 9.17) is 29.8 Å². The number of hydrogen-bond acceptors (Lipinski definition) is 3. The van der Waals surface area contributed by atoms with E-state index in [2.05, 4.69) is 15.1 Å². The van der Waals surface area contributed by atoms with E-state index in [0.717, 1.165) is 6.07 Å². The molecular formula is C26H16Cl2FN3O3. The second-order valence-electron chi connectivity index (χ2n) is 7.61. The Balaban J connectivity index is 1.71. The van der Waals surface area contributed by atoms with Crippen LogP contribution in [-0.4, -0.2) is 28.0 Å². The van der Waals surface area contributed by atoms with Crippen LogP contribution in [0.25, 0.3) is 26.9 Å². The van der Waals surface area contributed by atoms with Gasteiger partial charge in [0.05, 0.1) is 22.7 Å². The van der Waals surface area contributed by atoms with Gasteiger partial charge in [0.15, 0.2) is 5.69 Å². The fourth-order valence-corrected chi connectivity index (χ4v) is 4.31. The topological polar surface area (TPSA) is 83.7 Å². The molecule has 1 aromatic heterocycles. The van der Waals surface area contributed by atoms with Gasteiger partial charge in [-0.3, -0.25) is 9.78 Å². The molecule has 0 saturated carbocycles. The monoisotopic (exact) mass is 507 g/mol. The molecule has 1 atom stereocenters. The average Bonchev–Trinajstić information content (AvgIpc) is 2.83. The van der Waals surface area contributed by atoms with E-state index in [0.29, 0.717) is 38.3 Å². The summed E-state index contributed by atoms with van der Waals surface area (Å²) in [6.45, 7) is 7.15.